The molecule has 0 aliphatic heterocycles. The summed E-state index contributed by atoms with van der Waals surface area (Å²) in [6, 6.07) is 2.99. The van der Waals surface area contributed by atoms with Gasteiger partial charge >= 0.3 is 0 Å². The Morgan fingerprint density at radius 3 is 2.25 bits per heavy atom. The van der Waals surface area contributed by atoms with Gasteiger partial charge in [0.15, 0.2) is 11.6 Å². The normalized spacial score (nSPS) is 11.9. The molecule has 16 heavy (non-hydrogen) atoms. The molecule has 0 atom stereocenters. The minimum absolute atomic E-state index is 0.317. The van der Waals surface area contributed by atoms with Gasteiger partial charge in [0.25, 0.3) is 0 Å². The summed E-state index contributed by atoms with van der Waals surface area (Å²) in [5.41, 5.74) is 0.0650. The standard InChI is InChI=1S/C12H19FO2Si/c1-12(2,3)10-9(15-16(4)5)7-6-8(14)11(10)13/h6-7,14,16H,1-5H3. The number of hydrogen-bond donors (Lipinski definition) is 1. The lowest BCUT2D eigenvalue weighted by atomic mass is 9.86. The molecule has 1 N–H and O–H groups in total. The fraction of sp³-hybridized carbons (Fsp3) is 0.500. The second-order valence-corrected chi connectivity index (χ2v) is 7.52. The van der Waals surface area contributed by atoms with Crippen molar-refractivity contribution in [3.05, 3.63) is 23.5 Å². The van der Waals surface area contributed by atoms with Gasteiger partial charge in [0, 0.05) is 5.56 Å². The highest BCUT2D eigenvalue weighted by atomic mass is 28.3. The molecule has 2 nitrogen and oxygen atoms in total. The summed E-state index contributed by atoms with van der Waals surface area (Å²) in [5, 5.41) is 9.40. The molecule has 4 heteroatoms. The first-order valence-corrected chi connectivity index (χ1v) is 8.20. The van der Waals surface area contributed by atoms with Gasteiger partial charge in [-0.15, -0.1) is 0 Å². The fourth-order valence-electron chi connectivity index (χ4n) is 1.60. The second kappa shape index (κ2) is 4.45. The molecule has 0 aliphatic carbocycles. The van der Waals surface area contributed by atoms with Crippen LogP contribution in [0.3, 0.4) is 0 Å². The van der Waals surface area contributed by atoms with Crippen molar-refractivity contribution in [2.24, 2.45) is 0 Å². The van der Waals surface area contributed by atoms with Gasteiger partial charge in [-0.05, 0) is 30.6 Å². The smallest absolute Gasteiger partial charge is 0.229 e. The predicted molar refractivity (Wildman–Crippen MR) is 66.3 cm³/mol. The average molecular weight is 242 g/mol. The molecule has 1 aromatic rings. The van der Waals surface area contributed by atoms with Gasteiger partial charge in [0.05, 0.1) is 0 Å². The maximum atomic E-state index is 13.9. The molecule has 0 amide bonds. The molecule has 0 spiro atoms. The fourth-order valence-corrected chi connectivity index (χ4v) is 2.30. The summed E-state index contributed by atoms with van der Waals surface area (Å²) < 4.78 is 19.6. The number of hydrogen-bond acceptors (Lipinski definition) is 2. The maximum Gasteiger partial charge on any atom is 0.229 e. The van der Waals surface area contributed by atoms with E-state index in [4.69, 9.17) is 4.43 Å². The molecular weight excluding hydrogens is 223 g/mol. The lowest BCUT2D eigenvalue weighted by Gasteiger charge is -2.25. The monoisotopic (exact) mass is 242 g/mol. The Morgan fingerprint density at radius 1 is 1.25 bits per heavy atom. The number of halogens is 1. The zero-order valence-corrected chi connectivity index (χ0v) is 11.6. The van der Waals surface area contributed by atoms with Crippen molar-refractivity contribution in [3.8, 4) is 11.5 Å². The summed E-state index contributed by atoms with van der Waals surface area (Å²) in [4.78, 5) is 0. The number of aromatic hydroxyl groups is 1. The predicted octanol–water partition coefficient (Wildman–Crippen LogP) is 3.19. The first-order chi connectivity index (χ1) is 7.23. The zero-order valence-electron chi connectivity index (χ0n) is 10.5. The quantitative estimate of drug-likeness (QED) is 0.807. The van der Waals surface area contributed by atoms with E-state index in [0.29, 0.717) is 11.3 Å². The van der Waals surface area contributed by atoms with Crippen LogP contribution in [0.25, 0.3) is 0 Å². The average Bonchev–Trinajstić information content (AvgIpc) is 2.08. The van der Waals surface area contributed by atoms with Crippen molar-refractivity contribution in [2.45, 2.75) is 39.3 Å². The number of rotatable bonds is 2. The van der Waals surface area contributed by atoms with Crippen LogP contribution in [0.2, 0.25) is 13.1 Å². The Labute approximate surface area is 97.8 Å². The number of phenolic OH excluding ortho intramolecular Hbond substituents is 1. The molecule has 0 heterocycles. The Bertz CT molecular complexity index is 383. The first kappa shape index (κ1) is 13.0. The second-order valence-electron chi connectivity index (χ2n) is 5.19. The largest absolute Gasteiger partial charge is 0.547 e. The summed E-state index contributed by atoms with van der Waals surface area (Å²) in [5.74, 6) is -0.327. The Balaban J connectivity index is 3.33. The number of benzene rings is 1. The van der Waals surface area contributed by atoms with Crippen molar-refractivity contribution in [2.75, 3.05) is 0 Å². The summed E-state index contributed by atoms with van der Waals surface area (Å²) >= 11 is 0. The summed E-state index contributed by atoms with van der Waals surface area (Å²) in [6.45, 7) is 9.76. The molecule has 0 aromatic heterocycles. The van der Waals surface area contributed by atoms with E-state index in [2.05, 4.69) is 0 Å². The van der Waals surface area contributed by atoms with Crippen LogP contribution < -0.4 is 4.43 Å². The van der Waals surface area contributed by atoms with Crippen molar-refractivity contribution >= 4 is 9.04 Å². The Kier molecular flexibility index (Phi) is 3.63. The lowest BCUT2D eigenvalue weighted by Crippen LogP contribution is -2.19. The SMILES string of the molecule is C[SiH](C)Oc1ccc(O)c(F)c1C(C)(C)C. The van der Waals surface area contributed by atoms with E-state index in [1.807, 2.05) is 33.9 Å². The molecule has 90 valence electrons. The molecular formula is C12H19FO2Si. The third kappa shape index (κ3) is 2.75. The van der Waals surface area contributed by atoms with Crippen LogP contribution in [-0.2, 0) is 5.41 Å². The van der Waals surface area contributed by atoms with Crippen molar-refractivity contribution in [3.63, 3.8) is 0 Å². The van der Waals surface area contributed by atoms with Crippen LogP contribution >= 0.6 is 0 Å². The van der Waals surface area contributed by atoms with Crippen LogP contribution in [0.1, 0.15) is 26.3 Å². The minimum atomic E-state index is -1.28. The van der Waals surface area contributed by atoms with Gasteiger partial charge in [0.2, 0.25) is 9.04 Å². The minimum Gasteiger partial charge on any atom is -0.547 e. The van der Waals surface area contributed by atoms with E-state index < -0.39 is 14.9 Å². The van der Waals surface area contributed by atoms with E-state index >= 15 is 0 Å². The molecule has 0 radical (unpaired) electrons. The van der Waals surface area contributed by atoms with Gasteiger partial charge in [-0.2, -0.15) is 0 Å². The number of phenols is 1. The van der Waals surface area contributed by atoms with E-state index in [1.165, 1.54) is 6.07 Å². The van der Waals surface area contributed by atoms with Gasteiger partial charge in [0.1, 0.15) is 5.75 Å². The highest BCUT2D eigenvalue weighted by Crippen LogP contribution is 2.37. The topological polar surface area (TPSA) is 29.5 Å². The van der Waals surface area contributed by atoms with Gasteiger partial charge in [-0.1, -0.05) is 20.8 Å². The van der Waals surface area contributed by atoms with Crippen LogP contribution in [0.4, 0.5) is 4.39 Å². The van der Waals surface area contributed by atoms with Crippen molar-refractivity contribution in [1.29, 1.82) is 0 Å². The van der Waals surface area contributed by atoms with E-state index in [9.17, 15) is 9.50 Å². The highest BCUT2D eigenvalue weighted by Gasteiger charge is 2.25. The van der Waals surface area contributed by atoms with E-state index in [1.54, 1.807) is 6.07 Å². The van der Waals surface area contributed by atoms with E-state index in [-0.39, 0.29) is 11.2 Å². The van der Waals surface area contributed by atoms with Crippen LogP contribution in [-0.4, -0.2) is 14.1 Å². The molecule has 1 rings (SSSR count). The first-order valence-electron chi connectivity index (χ1n) is 5.42. The van der Waals surface area contributed by atoms with Gasteiger partial charge in [-0.25, -0.2) is 4.39 Å². The van der Waals surface area contributed by atoms with E-state index in [0.717, 1.165) is 0 Å². The third-order valence-corrected chi connectivity index (χ3v) is 2.92. The maximum absolute atomic E-state index is 13.9. The molecule has 1 aromatic carbocycles. The molecule has 0 saturated heterocycles. The molecule has 0 saturated carbocycles. The highest BCUT2D eigenvalue weighted by molar-refractivity contribution is 6.49. The molecule has 0 aliphatic rings. The van der Waals surface area contributed by atoms with Crippen LogP contribution in [0.5, 0.6) is 11.5 Å². The van der Waals surface area contributed by atoms with Crippen molar-refractivity contribution < 1.29 is 13.9 Å². The van der Waals surface area contributed by atoms with Gasteiger partial charge < -0.3 is 9.53 Å². The van der Waals surface area contributed by atoms with Gasteiger partial charge in [-0.3, -0.25) is 0 Å². The summed E-state index contributed by atoms with van der Waals surface area (Å²) in [6.07, 6.45) is 0. The molecule has 0 bridgehead atoms. The zero-order chi connectivity index (χ0) is 12.5. The molecule has 0 fully saturated rings. The van der Waals surface area contributed by atoms with Crippen molar-refractivity contribution in [1.82, 2.24) is 0 Å². The lowest BCUT2D eigenvalue weighted by molar-refractivity contribution is 0.408. The summed E-state index contributed by atoms with van der Waals surface area (Å²) in [7, 11) is -1.28. The Morgan fingerprint density at radius 2 is 1.81 bits per heavy atom. The van der Waals surface area contributed by atoms with Crippen LogP contribution in [0, 0.1) is 5.82 Å². The molecule has 0 unspecified atom stereocenters. The Hall–Kier alpha value is -1.03. The van der Waals surface area contributed by atoms with Crippen LogP contribution in [0.15, 0.2) is 12.1 Å². The third-order valence-electron chi connectivity index (χ3n) is 2.20.